The smallest absolute Gasteiger partial charge is 0.269 e. The largest absolute Gasteiger partial charge is 0.376 e. The van der Waals surface area contributed by atoms with Gasteiger partial charge in [-0.3, -0.25) is 14.9 Å². The van der Waals surface area contributed by atoms with E-state index >= 15 is 0 Å². The molecular formula is C16H15IN4O3. The van der Waals surface area contributed by atoms with Gasteiger partial charge in [0, 0.05) is 21.4 Å². The van der Waals surface area contributed by atoms with Crippen molar-refractivity contribution in [1.82, 2.24) is 5.43 Å². The van der Waals surface area contributed by atoms with Gasteiger partial charge in [-0.15, -0.1) is 0 Å². The Morgan fingerprint density at radius 2 is 2.00 bits per heavy atom. The number of hydrogen-bond donors (Lipinski definition) is 2. The number of nitro benzene ring substituents is 1. The third-order valence-electron chi connectivity index (χ3n) is 3.12. The highest BCUT2D eigenvalue weighted by Crippen LogP contribution is 2.16. The van der Waals surface area contributed by atoms with Gasteiger partial charge in [0.2, 0.25) is 0 Å². The normalized spacial score (nSPS) is 10.6. The van der Waals surface area contributed by atoms with Crippen LogP contribution in [0.3, 0.4) is 0 Å². The first-order chi connectivity index (χ1) is 11.5. The highest BCUT2D eigenvalue weighted by atomic mass is 127. The number of amides is 1. The summed E-state index contributed by atoms with van der Waals surface area (Å²) in [4.78, 5) is 21.8. The Kier molecular flexibility index (Phi) is 6.24. The van der Waals surface area contributed by atoms with E-state index in [0.29, 0.717) is 5.56 Å². The topological polar surface area (TPSA) is 96.6 Å². The minimum Gasteiger partial charge on any atom is -0.376 e. The lowest BCUT2D eigenvalue weighted by molar-refractivity contribution is -0.384. The number of nitrogens with one attached hydrogen (secondary N) is 2. The average Bonchev–Trinajstić information content (AvgIpc) is 2.56. The molecule has 1 amide bonds. The number of carbonyl (C=O) groups is 1. The first kappa shape index (κ1) is 17.9. The number of non-ortho nitro benzene ring substituents is 1. The van der Waals surface area contributed by atoms with Crippen LogP contribution in [-0.2, 0) is 4.79 Å². The van der Waals surface area contributed by atoms with Gasteiger partial charge >= 0.3 is 0 Å². The van der Waals surface area contributed by atoms with Crippen molar-refractivity contribution < 1.29 is 9.72 Å². The SMILES string of the molecule is Cc1cc(NCC(=O)N/N=C/c2ccc([N+](=O)[O-])cc2)ccc1I. The van der Waals surface area contributed by atoms with Crippen molar-refractivity contribution in [3.05, 3.63) is 67.3 Å². The van der Waals surface area contributed by atoms with E-state index in [9.17, 15) is 14.9 Å². The van der Waals surface area contributed by atoms with E-state index in [1.807, 2.05) is 25.1 Å². The zero-order valence-electron chi connectivity index (χ0n) is 12.8. The lowest BCUT2D eigenvalue weighted by atomic mass is 10.2. The van der Waals surface area contributed by atoms with Crippen molar-refractivity contribution in [2.75, 3.05) is 11.9 Å². The molecule has 0 aliphatic carbocycles. The second kappa shape index (κ2) is 8.39. The number of halogens is 1. The van der Waals surface area contributed by atoms with Crippen LogP contribution < -0.4 is 10.7 Å². The number of aryl methyl sites for hydroxylation is 1. The van der Waals surface area contributed by atoms with Crippen LogP contribution in [0.1, 0.15) is 11.1 Å². The zero-order chi connectivity index (χ0) is 17.5. The van der Waals surface area contributed by atoms with Crippen molar-refractivity contribution in [1.29, 1.82) is 0 Å². The highest BCUT2D eigenvalue weighted by molar-refractivity contribution is 14.1. The number of rotatable bonds is 6. The fourth-order valence-electron chi connectivity index (χ4n) is 1.84. The van der Waals surface area contributed by atoms with Gasteiger partial charge in [0.15, 0.2) is 0 Å². The average molecular weight is 438 g/mol. The summed E-state index contributed by atoms with van der Waals surface area (Å²) in [7, 11) is 0. The maximum Gasteiger partial charge on any atom is 0.269 e. The zero-order valence-corrected chi connectivity index (χ0v) is 15.0. The van der Waals surface area contributed by atoms with E-state index in [4.69, 9.17) is 0 Å². The molecule has 8 heteroatoms. The van der Waals surface area contributed by atoms with Crippen LogP contribution >= 0.6 is 22.6 Å². The fourth-order valence-corrected chi connectivity index (χ4v) is 2.17. The molecule has 0 radical (unpaired) electrons. The van der Waals surface area contributed by atoms with Gasteiger partial charge in [0.25, 0.3) is 11.6 Å². The van der Waals surface area contributed by atoms with Crippen LogP contribution in [0.5, 0.6) is 0 Å². The fraction of sp³-hybridized carbons (Fsp3) is 0.125. The predicted octanol–water partition coefficient (Wildman–Crippen LogP) is 3.07. The Bertz CT molecular complexity index is 775. The van der Waals surface area contributed by atoms with Crippen molar-refractivity contribution >= 4 is 46.1 Å². The van der Waals surface area contributed by atoms with E-state index < -0.39 is 4.92 Å². The molecule has 0 heterocycles. The summed E-state index contributed by atoms with van der Waals surface area (Å²) in [5, 5.41) is 17.4. The van der Waals surface area contributed by atoms with E-state index in [1.54, 1.807) is 12.1 Å². The second-order valence-electron chi connectivity index (χ2n) is 4.96. The lowest BCUT2D eigenvalue weighted by Gasteiger charge is -2.07. The molecule has 2 aromatic carbocycles. The highest BCUT2D eigenvalue weighted by Gasteiger charge is 2.03. The first-order valence-electron chi connectivity index (χ1n) is 7.02. The molecule has 0 aliphatic heterocycles. The van der Waals surface area contributed by atoms with E-state index in [-0.39, 0.29) is 18.1 Å². The third-order valence-corrected chi connectivity index (χ3v) is 4.33. The molecule has 24 heavy (non-hydrogen) atoms. The maximum absolute atomic E-state index is 11.7. The summed E-state index contributed by atoms with van der Waals surface area (Å²) in [5.74, 6) is -0.288. The summed E-state index contributed by atoms with van der Waals surface area (Å²) >= 11 is 2.25. The number of hydrogen-bond acceptors (Lipinski definition) is 5. The number of anilines is 1. The minimum absolute atomic E-state index is 0.00759. The molecule has 2 aromatic rings. The van der Waals surface area contributed by atoms with Gasteiger partial charge in [-0.25, -0.2) is 5.43 Å². The summed E-state index contributed by atoms with van der Waals surface area (Å²) in [6, 6.07) is 11.7. The molecular weight excluding hydrogens is 423 g/mol. The van der Waals surface area contributed by atoms with Crippen molar-refractivity contribution in [3.8, 4) is 0 Å². The van der Waals surface area contributed by atoms with E-state index in [1.165, 1.54) is 18.3 Å². The first-order valence-corrected chi connectivity index (χ1v) is 8.10. The van der Waals surface area contributed by atoms with Crippen LogP contribution in [0.4, 0.5) is 11.4 Å². The second-order valence-corrected chi connectivity index (χ2v) is 6.12. The number of carbonyl (C=O) groups excluding carboxylic acids is 1. The Morgan fingerprint density at radius 1 is 1.29 bits per heavy atom. The molecule has 0 fully saturated rings. The molecule has 0 aliphatic rings. The molecule has 7 nitrogen and oxygen atoms in total. The number of benzene rings is 2. The van der Waals surface area contributed by atoms with Gasteiger partial charge in [-0.2, -0.15) is 5.10 Å². The van der Waals surface area contributed by atoms with Crippen LogP contribution in [0.15, 0.2) is 47.6 Å². The number of nitro groups is 1. The monoisotopic (exact) mass is 438 g/mol. The molecule has 0 spiro atoms. The molecule has 0 atom stereocenters. The predicted molar refractivity (Wildman–Crippen MR) is 101 cm³/mol. The molecule has 0 saturated carbocycles. The van der Waals surface area contributed by atoms with Crippen LogP contribution in [0.25, 0.3) is 0 Å². The minimum atomic E-state index is -0.472. The molecule has 124 valence electrons. The molecule has 0 unspecified atom stereocenters. The van der Waals surface area contributed by atoms with E-state index in [0.717, 1.165) is 14.8 Å². The van der Waals surface area contributed by atoms with Crippen LogP contribution in [0.2, 0.25) is 0 Å². The molecule has 0 aromatic heterocycles. The molecule has 2 N–H and O–H groups in total. The van der Waals surface area contributed by atoms with Gasteiger partial charge in [0.05, 0.1) is 17.7 Å². The Morgan fingerprint density at radius 3 is 2.62 bits per heavy atom. The van der Waals surface area contributed by atoms with Gasteiger partial charge < -0.3 is 5.32 Å². The Hall–Kier alpha value is -2.49. The molecule has 2 rings (SSSR count). The van der Waals surface area contributed by atoms with Crippen LogP contribution in [-0.4, -0.2) is 23.6 Å². The summed E-state index contributed by atoms with van der Waals surface area (Å²) in [6.45, 7) is 2.10. The van der Waals surface area contributed by atoms with Crippen molar-refractivity contribution in [2.24, 2.45) is 5.10 Å². The lowest BCUT2D eigenvalue weighted by Crippen LogP contribution is -2.25. The maximum atomic E-state index is 11.7. The molecule has 0 bridgehead atoms. The summed E-state index contributed by atoms with van der Waals surface area (Å²) in [6.07, 6.45) is 1.43. The quantitative estimate of drug-likeness (QED) is 0.314. The number of nitrogens with zero attached hydrogens (tertiary/aromatic N) is 2. The molecule has 0 saturated heterocycles. The van der Waals surface area contributed by atoms with Gasteiger partial charge in [0.1, 0.15) is 0 Å². The Balaban J connectivity index is 1.81. The summed E-state index contributed by atoms with van der Waals surface area (Å²) < 4.78 is 1.16. The third kappa shape index (κ3) is 5.30. The van der Waals surface area contributed by atoms with Crippen LogP contribution in [0, 0.1) is 20.6 Å². The number of hydrazone groups is 1. The van der Waals surface area contributed by atoms with Crippen molar-refractivity contribution in [3.63, 3.8) is 0 Å². The Labute approximate surface area is 152 Å². The van der Waals surface area contributed by atoms with E-state index in [2.05, 4.69) is 38.4 Å². The van der Waals surface area contributed by atoms with Crippen molar-refractivity contribution in [2.45, 2.75) is 6.92 Å². The van der Waals surface area contributed by atoms with Gasteiger partial charge in [-0.1, -0.05) is 0 Å². The van der Waals surface area contributed by atoms with Gasteiger partial charge in [-0.05, 0) is 71.0 Å². The standard InChI is InChI=1S/C16H15IN4O3/c1-11-8-13(4-7-15(11)17)18-10-16(22)20-19-9-12-2-5-14(6-3-12)21(23)24/h2-9,18H,10H2,1H3,(H,20,22)/b19-9+. The summed E-state index contributed by atoms with van der Waals surface area (Å²) in [5.41, 5.74) is 5.06.